The summed E-state index contributed by atoms with van der Waals surface area (Å²) in [6.45, 7) is 5.72. The Balaban J connectivity index is 2.64. The van der Waals surface area contributed by atoms with Gasteiger partial charge in [0, 0.05) is 25.3 Å². The van der Waals surface area contributed by atoms with Crippen LogP contribution in [0.3, 0.4) is 0 Å². The third-order valence-electron chi connectivity index (χ3n) is 3.31. The number of anilines is 1. The Bertz CT molecular complexity index is 519. The molecule has 0 bridgehead atoms. The number of carboxylic acids is 1. The summed E-state index contributed by atoms with van der Waals surface area (Å²) in [5.41, 5.74) is 0.612. The van der Waals surface area contributed by atoms with Gasteiger partial charge in [-0.1, -0.05) is 19.9 Å². The first-order valence-corrected chi connectivity index (χ1v) is 7.35. The van der Waals surface area contributed by atoms with E-state index in [-0.39, 0.29) is 18.7 Å². The Morgan fingerprint density at radius 1 is 1.36 bits per heavy atom. The Hall–Kier alpha value is -2.24. The molecule has 0 saturated heterocycles. The molecule has 0 fully saturated rings. The van der Waals surface area contributed by atoms with Gasteiger partial charge in [-0.25, -0.2) is 4.79 Å². The normalized spacial score (nSPS) is 13.1. The van der Waals surface area contributed by atoms with Crippen molar-refractivity contribution in [3.05, 3.63) is 24.3 Å². The van der Waals surface area contributed by atoms with E-state index >= 15 is 0 Å². The van der Waals surface area contributed by atoms with Gasteiger partial charge in [-0.05, 0) is 25.5 Å². The number of benzene rings is 1. The molecule has 0 aromatic heterocycles. The van der Waals surface area contributed by atoms with Crippen LogP contribution in [-0.2, 0) is 4.79 Å². The molecule has 0 aliphatic carbocycles. The van der Waals surface area contributed by atoms with Crippen molar-refractivity contribution in [3.63, 3.8) is 0 Å². The van der Waals surface area contributed by atoms with E-state index < -0.39 is 11.9 Å². The molecule has 2 unspecified atom stereocenters. The quantitative estimate of drug-likeness (QED) is 0.811. The monoisotopic (exact) mass is 308 g/mol. The molecule has 0 aliphatic rings. The third kappa shape index (κ3) is 5.63. The van der Waals surface area contributed by atoms with Crippen LogP contribution in [0.4, 0.5) is 10.5 Å². The molecule has 0 heterocycles. The van der Waals surface area contributed by atoms with Gasteiger partial charge in [0.05, 0.1) is 12.0 Å². The second kappa shape index (κ2) is 8.26. The van der Waals surface area contributed by atoms with E-state index in [0.717, 1.165) is 6.42 Å². The standard InChI is InChI=1S/C16H24N2O4/c1-5-12(3)22-14-8-6-7-13(9-14)17-16(21)18(4)10-11(2)15(19)20/h6-9,11-12H,5,10H2,1-4H3,(H,17,21)(H,19,20). The van der Waals surface area contributed by atoms with Gasteiger partial charge < -0.3 is 20.1 Å². The molecular formula is C16H24N2O4. The molecule has 0 spiro atoms. The molecule has 1 rings (SSSR count). The van der Waals surface area contributed by atoms with E-state index in [4.69, 9.17) is 9.84 Å². The van der Waals surface area contributed by atoms with E-state index in [1.807, 2.05) is 19.9 Å². The Morgan fingerprint density at radius 2 is 2.05 bits per heavy atom. The van der Waals surface area contributed by atoms with Gasteiger partial charge in [-0.15, -0.1) is 0 Å². The summed E-state index contributed by atoms with van der Waals surface area (Å²) in [5, 5.41) is 11.6. The number of urea groups is 1. The van der Waals surface area contributed by atoms with Crippen LogP contribution in [-0.4, -0.2) is 41.7 Å². The van der Waals surface area contributed by atoms with Crippen molar-refractivity contribution < 1.29 is 19.4 Å². The average Bonchev–Trinajstić information content (AvgIpc) is 2.47. The molecule has 2 amide bonds. The van der Waals surface area contributed by atoms with Gasteiger partial charge in [0.25, 0.3) is 0 Å². The Morgan fingerprint density at radius 3 is 2.64 bits per heavy atom. The van der Waals surface area contributed by atoms with E-state index in [0.29, 0.717) is 11.4 Å². The smallest absolute Gasteiger partial charge is 0.321 e. The summed E-state index contributed by atoms with van der Waals surface area (Å²) >= 11 is 0. The highest BCUT2D eigenvalue weighted by atomic mass is 16.5. The van der Waals surface area contributed by atoms with Crippen molar-refractivity contribution in [2.75, 3.05) is 18.9 Å². The van der Waals surface area contributed by atoms with Crippen LogP contribution in [0.15, 0.2) is 24.3 Å². The fourth-order valence-corrected chi connectivity index (χ4v) is 1.75. The highest BCUT2D eigenvalue weighted by molar-refractivity contribution is 5.89. The molecule has 0 aliphatic heterocycles. The van der Waals surface area contributed by atoms with E-state index in [1.54, 1.807) is 32.2 Å². The number of ether oxygens (including phenoxy) is 1. The number of hydrogen-bond donors (Lipinski definition) is 2. The zero-order valence-electron chi connectivity index (χ0n) is 13.5. The summed E-state index contributed by atoms with van der Waals surface area (Å²) in [6.07, 6.45) is 0.997. The Labute approximate surface area is 131 Å². The number of rotatable bonds is 7. The minimum Gasteiger partial charge on any atom is -0.491 e. The first kappa shape index (κ1) is 17.8. The van der Waals surface area contributed by atoms with Crippen molar-refractivity contribution in [2.24, 2.45) is 5.92 Å². The highest BCUT2D eigenvalue weighted by Gasteiger charge is 2.17. The van der Waals surface area contributed by atoms with Crippen LogP contribution in [0.5, 0.6) is 5.75 Å². The molecule has 2 N–H and O–H groups in total. The van der Waals surface area contributed by atoms with Crippen molar-refractivity contribution in [3.8, 4) is 5.75 Å². The molecular weight excluding hydrogens is 284 g/mol. The maximum atomic E-state index is 12.0. The molecule has 1 aromatic carbocycles. The van der Waals surface area contributed by atoms with E-state index in [1.165, 1.54) is 4.90 Å². The van der Waals surface area contributed by atoms with Crippen LogP contribution >= 0.6 is 0 Å². The van der Waals surface area contributed by atoms with Crippen LogP contribution in [0.1, 0.15) is 27.2 Å². The van der Waals surface area contributed by atoms with Crippen LogP contribution in [0, 0.1) is 5.92 Å². The summed E-state index contributed by atoms with van der Waals surface area (Å²) in [7, 11) is 1.56. The van der Waals surface area contributed by atoms with Crippen LogP contribution < -0.4 is 10.1 Å². The lowest BCUT2D eigenvalue weighted by atomic mass is 10.2. The van der Waals surface area contributed by atoms with Crippen molar-refractivity contribution in [2.45, 2.75) is 33.3 Å². The fourth-order valence-electron chi connectivity index (χ4n) is 1.75. The minimum absolute atomic E-state index is 0.102. The summed E-state index contributed by atoms with van der Waals surface area (Å²) in [4.78, 5) is 24.2. The first-order valence-electron chi connectivity index (χ1n) is 7.35. The zero-order valence-corrected chi connectivity index (χ0v) is 13.5. The topological polar surface area (TPSA) is 78.9 Å². The molecule has 0 radical (unpaired) electrons. The maximum Gasteiger partial charge on any atom is 0.321 e. The first-order chi connectivity index (χ1) is 10.3. The minimum atomic E-state index is -0.927. The molecule has 0 saturated carbocycles. The summed E-state index contributed by atoms with van der Waals surface area (Å²) in [5.74, 6) is -0.854. The number of carbonyl (C=O) groups is 2. The lowest BCUT2D eigenvalue weighted by Crippen LogP contribution is -2.36. The van der Waals surface area contributed by atoms with E-state index in [2.05, 4.69) is 5.32 Å². The number of carboxylic acid groups (broad SMARTS) is 1. The van der Waals surface area contributed by atoms with E-state index in [9.17, 15) is 9.59 Å². The second-order valence-corrected chi connectivity index (χ2v) is 5.41. The number of amides is 2. The summed E-state index contributed by atoms with van der Waals surface area (Å²) in [6, 6.07) is 6.79. The number of aliphatic carboxylic acids is 1. The van der Waals surface area contributed by atoms with Crippen molar-refractivity contribution >= 4 is 17.7 Å². The molecule has 1 aromatic rings. The van der Waals surface area contributed by atoms with Gasteiger partial charge in [0.1, 0.15) is 5.75 Å². The molecule has 2 atom stereocenters. The van der Waals surface area contributed by atoms with Gasteiger partial charge >= 0.3 is 12.0 Å². The lowest BCUT2D eigenvalue weighted by molar-refractivity contribution is -0.141. The second-order valence-electron chi connectivity index (χ2n) is 5.41. The van der Waals surface area contributed by atoms with Gasteiger partial charge in [0.15, 0.2) is 0 Å². The predicted octanol–water partition coefficient (Wildman–Crippen LogP) is 3.05. The number of nitrogens with zero attached hydrogens (tertiary/aromatic N) is 1. The maximum absolute atomic E-state index is 12.0. The molecule has 6 nitrogen and oxygen atoms in total. The molecule has 22 heavy (non-hydrogen) atoms. The van der Waals surface area contributed by atoms with Gasteiger partial charge in [-0.3, -0.25) is 4.79 Å². The van der Waals surface area contributed by atoms with Gasteiger partial charge in [-0.2, -0.15) is 0 Å². The third-order valence-corrected chi connectivity index (χ3v) is 3.31. The lowest BCUT2D eigenvalue weighted by Gasteiger charge is -2.20. The zero-order chi connectivity index (χ0) is 16.7. The molecule has 6 heteroatoms. The summed E-state index contributed by atoms with van der Waals surface area (Å²) < 4.78 is 5.70. The van der Waals surface area contributed by atoms with Crippen molar-refractivity contribution in [1.82, 2.24) is 4.90 Å². The largest absolute Gasteiger partial charge is 0.491 e. The van der Waals surface area contributed by atoms with Crippen LogP contribution in [0.2, 0.25) is 0 Å². The number of carbonyl (C=O) groups excluding carboxylic acids is 1. The fraction of sp³-hybridized carbons (Fsp3) is 0.500. The number of nitrogens with one attached hydrogen (secondary N) is 1. The highest BCUT2D eigenvalue weighted by Crippen LogP contribution is 2.19. The molecule has 122 valence electrons. The number of hydrogen-bond acceptors (Lipinski definition) is 3. The Kier molecular flexibility index (Phi) is 6.69. The van der Waals surface area contributed by atoms with Crippen molar-refractivity contribution in [1.29, 1.82) is 0 Å². The van der Waals surface area contributed by atoms with Gasteiger partial charge in [0.2, 0.25) is 0 Å². The predicted molar refractivity (Wildman–Crippen MR) is 85.3 cm³/mol. The SMILES string of the molecule is CCC(C)Oc1cccc(NC(=O)N(C)CC(C)C(=O)O)c1. The van der Waals surface area contributed by atoms with Crippen LogP contribution in [0.25, 0.3) is 0 Å². The average molecular weight is 308 g/mol.